The van der Waals surface area contributed by atoms with Crippen molar-refractivity contribution in [3.63, 3.8) is 0 Å². The minimum atomic E-state index is 0.410. The molecule has 29 heavy (non-hydrogen) atoms. The van der Waals surface area contributed by atoms with Crippen LogP contribution in [0.3, 0.4) is 0 Å². The summed E-state index contributed by atoms with van der Waals surface area (Å²) in [7, 11) is 0. The Balaban J connectivity index is 1.62. The number of nitrogens with zero attached hydrogens (tertiary/aromatic N) is 3. The van der Waals surface area contributed by atoms with E-state index >= 15 is 0 Å². The normalized spacial score (nSPS) is 18.3. The van der Waals surface area contributed by atoms with Crippen LogP contribution in [0.2, 0.25) is 0 Å². The van der Waals surface area contributed by atoms with Crippen LogP contribution in [0.15, 0.2) is 35.4 Å². The molecule has 4 rings (SSSR count). The molecule has 2 fully saturated rings. The third kappa shape index (κ3) is 5.11. The highest BCUT2D eigenvalue weighted by molar-refractivity contribution is 5.73. The van der Waals surface area contributed by atoms with E-state index in [4.69, 9.17) is 15.5 Å². The van der Waals surface area contributed by atoms with Crippen molar-refractivity contribution in [2.75, 3.05) is 10.6 Å². The summed E-state index contributed by atoms with van der Waals surface area (Å²) < 4.78 is 0. The van der Waals surface area contributed by atoms with Crippen molar-refractivity contribution < 1.29 is 0 Å². The quantitative estimate of drug-likeness (QED) is 0.467. The van der Waals surface area contributed by atoms with E-state index < -0.39 is 0 Å². The number of benzene rings is 1. The molecule has 2 aromatic rings. The lowest BCUT2D eigenvalue weighted by Gasteiger charge is -2.26. The lowest BCUT2D eigenvalue weighted by Crippen LogP contribution is -2.24. The van der Waals surface area contributed by atoms with Gasteiger partial charge in [-0.25, -0.2) is 15.5 Å². The van der Waals surface area contributed by atoms with Gasteiger partial charge in [-0.2, -0.15) is 5.11 Å². The number of hydrogen-bond donors (Lipinski definition) is 3. The number of rotatable bonds is 7. The second-order valence-corrected chi connectivity index (χ2v) is 8.39. The van der Waals surface area contributed by atoms with Crippen molar-refractivity contribution >= 4 is 17.3 Å². The molecule has 154 valence electrons. The molecule has 0 bridgehead atoms. The Labute approximate surface area is 173 Å². The molecule has 0 aliphatic heterocycles. The van der Waals surface area contributed by atoms with Crippen LogP contribution in [0.5, 0.6) is 0 Å². The first kappa shape index (κ1) is 19.8. The van der Waals surface area contributed by atoms with Gasteiger partial charge < -0.3 is 10.6 Å². The third-order valence-electron chi connectivity index (χ3n) is 6.23. The van der Waals surface area contributed by atoms with E-state index in [-0.39, 0.29) is 0 Å². The summed E-state index contributed by atoms with van der Waals surface area (Å²) in [5.41, 5.74) is 9.52. The molecular weight excluding hydrogens is 360 g/mol. The number of hydrogen-bond acceptors (Lipinski definition) is 6. The first-order chi connectivity index (χ1) is 14.3. The minimum absolute atomic E-state index is 0.410. The molecule has 6 nitrogen and oxygen atoms in total. The molecule has 3 N–H and O–H groups in total. The van der Waals surface area contributed by atoms with E-state index in [1.54, 1.807) is 0 Å². The van der Waals surface area contributed by atoms with E-state index in [0.29, 0.717) is 30.0 Å². The number of aromatic nitrogens is 2. The Morgan fingerprint density at radius 2 is 1.52 bits per heavy atom. The molecule has 0 saturated heterocycles. The van der Waals surface area contributed by atoms with Gasteiger partial charge in [0.05, 0.1) is 0 Å². The topological polar surface area (TPSA) is 86.1 Å². The summed E-state index contributed by atoms with van der Waals surface area (Å²) in [6, 6.07) is 10.7. The van der Waals surface area contributed by atoms with Crippen LogP contribution in [0.25, 0.3) is 0 Å². The molecule has 1 aromatic heterocycles. The Bertz CT molecular complexity index is 795. The highest BCUT2D eigenvalue weighted by Crippen LogP contribution is 2.37. The lowest BCUT2D eigenvalue weighted by molar-refractivity contribution is 0.428. The fraction of sp³-hybridized carbons (Fsp3) is 0.565. The van der Waals surface area contributed by atoms with E-state index in [0.717, 1.165) is 37.3 Å². The summed E-state index contributed by atoms with van der Waals surface area (Å²) in [6.07, 6.45) is 12.2. The van der Waals surface area contributed by atoms with Crippen LogP contribution in [-0.2, 0) is 6.54 Å². The van der Waals surface area contributed by atoms with E-state index in [1.165, 1.54) is 44.1 Å². The molecule has 6 heteroatoms. The molecular formula is C23H32N6. The van der Waals surface area contributed by atoms with Gasteiger partial charge in [0.15, 0.2) is 17.3 Å². The summed E-state index contributed by atoms with van der Waals surface area (Å²) in [6.45, 7) is 0.660. The van der Waals surface area contributed by atoms with E-state index in [9.17, 15) is 0 Å². The zero-order chi connectivity index (χ0) is 19.9. The van der Waals surface area contributed by atoms with Gasteiger partial charge in [0.25, 0.3) is 0 Å². The van der Waals surface area contributed by atoms with Gasteiger partial charge in [0, 0.05) is 18.5 Å². The lowest BCUT2D eigenvalue weighted by atomic mass is 9.88. The number of nitrogens with one attached hydrogen (secondary N) is 3. The molecule has 2 aliphatic rings. The van der Waals surface area contributed by atoms with Gasteiger partial charge in [-0.1, -0.05) is 68.9 Å². The molecule has 2 saturated carbocycles. The van der Waals surface area contributed by atoms with Gasteiger partial charge in [0.2, 0.25) is 0 Å². The maximum absolute atomic E-state index is 7.81. The maximum atomic E-state index is 7.81. The van der Waals surface area contributed by atoms with Crippen LogP contribution < -0.4 is 10.6 Å². The van der Waals surface area contributed by atoms with Crippen LogP contribution in [-0.4, -0.2) is 16.0 Å². The Morgan fingerprint density at radius 1 is 0.862 bits per heavy atom. The summed E-state index contributed by atoms with van der Waals surface area (Å²) in [4.78, 5) is 9.76. The first-order valence-corrected chi connectivity index (χ1v) is 11.2. The highest BCUT2D eigenvalue weighted by Gasteiger charge is 2.24. The third-order valence-corrected chi connectivity index (χ3v) is 6.23. The standard InChI is InChI=1S/C23H32N6/c24-29-20-22(25-16-17-10-4-1-5-11-17)27-21(18-12-6-2-7-13-18)28-23(20)26-19-14-8-3-9-15-19/h1,4-5,10-11,18-19,24H,2-3,6-9,12-16H2,(H2,25,26,27,28). The van der Waals surface area contributed by atoms with Crippen LogP contribution in [0.4, 0.5) is 17.3 Å². The van der Waals surface area contributed by atoms with Gasteiger partial charge in [-0.15, -0.1) is 0 Å². The first-order valence-electron chi connectivity index (χ1n) is 11.2. The van der Waals surface area contributed by atoms with Gasteiger partial charge in [-0.3, -0.25) is 0 Å². The largest absolute Gasteiger partial charge is 0.365 e. The molecule has 0 spiro atoms. The smallest absolute Gasteiger partial charge is 0.169 e. The van der Waals surface area contributed by atoms with Gasteiger partial charge in [0.1, 0.15) is 5.82 Å². The highest BCUT2D eigenvalue weighted by atomic mass is 15.2. The SMILES string of the molecule is N=Nc1c(NCc2ccccc2)nc(C2CCCCC2)nc1NC1CCCCC1. The Kier molecular flexibility index (Phi) is 6.70. The Hall–Kier alpha value is -2.50. The van der Waals surface area contributed by atoms with Crippen molar-refractivity contribution in [3.05, 3.63) is 41.7 Å². The molecule has 1 heterocycles. The summed E-state index contributed by atoms with van der Waals surface area (Å²) in [5.74, 6) is 2.73. The van der Waals surface area contributed by atoms with Crippen LogP contribution >= 0.6 is 0 Å². The van der Waals surface area contributed by atoms with Crippen LogP contribution in [0, 0.1) is 5.53 Å². The average Bonchev–Trinajstić information content (AvgIpc) is 2.79. The van der Waals surface area contributed by atoms with E-state index in [1.807, 2.05) is 18.2 Å². The van der Waals surface area contributed by atoms with Crippen molar-refractivity contribution in [1.82, 2.24) is 9.97 Å². The van der Waals surface area contributed by atoms with Crippen molar-refractivity contribution in [2.45, 2.75) is 82.7 Å². The van der Waals surface area contributed by atoms with Crippen LogP contribution in [0.1, 0.15) is 81.5 Å². The second-order valence-electron chi connectivity index (χ2n) is 8.39. The van der Waals surface area contributed by atoms with E-state index in [2.05, 4.69) is 27.9 Å². The minimum Gasteiger partial charge on any atom is -0.365 e. The predicted molar refractivity (Wildman–Crippen MR) is 117 cm³/mol. The van der Waals surface area contributed by atoms with Crippen molar-refractivity contribution in [3.8, 4) is 0 Å². The molecule has 0 amide bonds. The molecule has 1 aromatic carbocycles. The van der Waals surface area contributed by atoms with Gasteiger partial charge >= 0.3 is 0 Å². The molecule has 0 radical (unpaired) electrons. The summed E-state index contributed by atoms with van der Waals surface area (Å²) in [5, 5.41) is 10.9. The monoisotopic (exact) mass is 392 g/mol. The molecule has 0 unspecified atom stereocenters. The van der Waals surface area contributed by atoms with Crippen molar-refractivity contribution in [2.24, 2.45) is 5.11 Å². The maximum Gasteiger partial charge on any atom is 0.169 e. The average molecular weight is 393 g/mol. The fourth-order valence-corrected chi connectivity index (χ4v) is 4.57. The second kappa shape index (κ2) is 9.81. The summed E-state index contributed by atoms with van der Waals surface area (Å²) >= 11 is 0. The number of anilines is 2. The fourth-order valence-electron chi connectivity index (χ4n) is 4.57. The molecule has 2 aliphatic carbocycles. The zero-order valence-corrected chi connectivity index (χ0v) is 17.2. The zero-order valence-electron chi connectivity index (χ0n) is 17.2. The Morgan fingerprint density at radius 3 is 2.21 bits per heavy atom. The molecule has 0 atom stereocenters. The van der Waals surface area contributed by atoms with Crippen molar-refractivity contribution in [1.29, 1.82) is 5.53 Å². The van der Waals surface area contributed by atoms with Gasteiger partial charge in [-0.05, 0) is 31.2 Å². The predicted octanol–water partition coefficient (Wildman–Crippen LogP) is 6.54.